The predicted molar refractivity (Wildman–Crippen MR) is 91.8 cm³/mol. The molecular weight excluding hydrogens is 343 g/mol. The third-order valence-electron chi connectivity index (χ3n) is 3.46. The first-order chi connectivity index (χ1) is 12.2. The molecule has 0 aliphatic heterocycles. The van der Waals surface area contributed by atoms with Crippen LogP contribution >= 0.6 is 11.3 Å². The van der Waals surface area contributed by atoms with Crippen molar-refractivity contribution in [2.75, 3.05) is 5.32 Å². The minimum absolute atomic E-state index is 0.286. The number of hydrogen-bond donors (Lipinski definition) is 2. The van der Waals surface area contributed by atoms with Crippen molar-refractivity contribution in [1.82, 2.24) is 15.2 Å². The molecule has 1 aromatic carbocycles. The van der Waals surface area contributed by atoms with Gasteiger partial charge in [0.2, 0.25) is 0 Å². The van der Waals surface area contributed by atoms with Gasteiger partial charge in [0.15, 0.2) is 10.9 Å². The van der Waals surface area contributed by atoms with E-state index in [1.807, 2.05) is 0 Å². The summed E-state index contributed by atoms with van der Waals surface area (Å²) in [5.41, 5.74) is 2.21. The molecule has 0 fully saturated rings. The van der Waals surface area contributed by atoms with E-state index in [1.54, 1.807) is 42.0 Å². The number of rotatable bonds is 4. The van der Waals surface area contributed by atoms with Gasteiger partial charge in [-0.1, -0.05) is 0 Å². The Morgan fingerprint density at radius 2 is 2.04 bits per heavy atom. The summed E-state index contributed by atoms with van der Waals surface area (Å²) in [6.07, 6.45) is 1.56. The fraction of sp³-hybridized carbons (Fsp3) is 0. The molecule has 0 aliphatic rings. The lowest BCUT2D eigenvalue weighted by Crippen LogP contribution is -2.12. The molecule has 0 aliphatic carbocycles. The van der Waals surface area contributed by atoms with Gasteiger partial charge in [-0.2, -0.15) is 5.10 Å². The van der Waals surface area contributed by atoms with Crippen molar-refractivity contribution in [3.63, 3.8) is 0 Å². The summed E-state index contributed by atoms with van der Waals surface area (Å²) in [6, 6.07) is 11.1. The summed E-state index contributed by atoms with van der Waals surface area (Å²) in [7, 11) is 0. The van der Waals surface area contributed by atoms with Crippen LogP contribution in [-0.4, -0.2) is 21.1 Å². The Hall–Kier alpha value is -3.26. The number of anilines is 1. The number of halogens is 1. The molecule has 0 unspecified atom stereocenters. The van der Waals surface area contributed by atoms with Gasteiger partial charge in [0.25, 0.3) is 5.91 Å². The number of furan rings is 1. The Morgan fingerprint density at radius 1 is 1.20 bits per heavy atom. The molecule has 0 saturated heterocycles. The lowest BCUT2D eigenvalue weighted by molar-refractivity contribution is 0.102. The summed E-state index contributed by atoms with van der Waals surface area (Å²) in [6.45, 7) is 0. The van der Waals surface area contributed by atoms with Crippen molar-refractivity contribution in [1.29, 1.82) is 0 Å². The van der Waals surface area contributed by atoms with Gasteiger partial charge in [0.1, 0.15) is 17.2 Å². The standard InChI is InChI=1S/C17H11FN4O2S/c18-11-5-3-10(4-6-11)12-8-13(22-21-12)16(23)20-17-19-14(9-25-17)15-2-1-7-24-15/h1-9H,(H,21,22)(H,19,20,23). The Labute approximate surface area is 145 Å². The van der Waals surface area contributed by atoms with Gasteiger partial charge in [-0.05, 0) is 42.5 Å². The second-order valence-electron chi connectivity index (χ2n) is 5.14. The van der Waals surface area contributed by atoms with Gasteiger partial charge in [-0.15, -0.1) is 11.3 Å². The Kier molecular flexibility index (Phi) is 3.87. The van der Waals surface area contributed by atoms with Crippen molar-refractivity contribution in [3.05, 3.63) is 65.6 Å². The number of benzene rings is 1. The number of carbonyl (C=O) groups is 1. The summed E-state index contributed by atoms with van der Waals surface area (Å²) >= 11 is 1.30. The van der Waals surface area contributed by atoms with Crippen LogP contribution < -0.4 is 5.32 Å². The summed E-state index contributed by atoms with van der Waals surface area (Å²) in [4.78, 5) is 16.6. The second-order valence-corrected chi connectivity index (χ2v) is 6.00. The molecular formula is C17H11FN4O2S. The molecule has 0 radical (unpaired) electrons. The van der Waals surface area contributed by atoms with Crippen LogP contribution in [-0.2, 0) is 0 Å². The van der Waals surface area contributed by atoms with Gasteiger partial charge in [-0.3, -0.25) is 15.2 Å². The third-order valence-corrected chi connectivity index (χ3v) is 4.22. The van der Waals surface area contributed by atoms with Crippen molar-refractivity contribution < 1.29 is 13.6 Å². The maximum atomic E-state index is 13.0. The highest BCUT2D eigenvalue weighted by molar-refractivity contribution is 7.14. The van der Waals surface area contributed by atoms with Crippen LogP contribution in [0, 0.1) is 5.82 Å². The van der Waals surface area contributed by atoms with Crippen molar-refractivity contribution >= 4 is 22.4 Å². The first-order valence-electron chi connectivity index (χ1n) is 7.31. The number of nitrogens with one attached hydrogen (secondary N) is 2. The molecule has 8 heteroatoms. The zero-order valence-corrected chi connectivity index (χ0v) is 13.5. The zero-order chi connectivity index (χ0) is 17.2. The molecule has 4 aromatic rings. The van der Waals surface area contributed by atoms with E-state index in [9.17, 15) is 9.18 Å². The van der Waals surface area contributed by atoms with Crippen LogP contribution in [0.25, 0.3) is 22.7 Å². The fourth-order valence-electron chi connectivity index (χ4n) is 2.24. The molecule has 2 N–H and O–H groups in total. The Morgan fingerprint density at radius 3 is 2.80 bits per heavy atom. The van der Waals surface area contributed by atoms with Gasteiger partial charge >= 0.3 is 0 Å². The molecule has 4 rings (SSSR count). The SMILES string of the molecule is O=C(Nc1nc(-c2ccco2)cs1)c1cc(-c2ccc(F)cc2)n[nH]1. The molecule has 3 aromatic heterocycles. The van der Waals surface area contributed by atoms with Gasteiger partial charge < -0.3 is 4.42 Å². The predicted octanol–water partition coefficient (Wildman–Crippen LogP) is 4.18. The molecule has 0 bridgehead atoms. The lowest BCUT2D eigenvalue weighted by Gasteiger charge is -1.97. The normalized spacial score (nSPS) is 10.8. The first-order valence-corrected chi connectivity index (χ1v) is 8.19. The fourth-order valence-corrected chi connectivity index (χ4v) is 2.93. The number of aromatic amines is 1. The minimum atomic E-state index is -0.360. The number of H-pyrrole nitrogens is 1. The number of aromatic nitrogens is 3. The molecule has 0 spiro atoms. The zero-order valence-electron chi connectivity index (χ0n) is 12.7. The molecule has 1 amide bonds. The third kappa shape index (κ3) is 3.20. The van der Waals surface area contributed by atoms with Crippen LogP contribution in [0.3, 0.4) is 0 Å². The van der Waals surface area contributed by atoms with Crippen LogP contribution in [0.2, 0.25) is 0 Å². The largest absolute Gasteiger partial charge is 0.463 e. The number of carbonyl (C=O) groups excluding carboxylic acids is 1. The van der Waals surface area contributed by atoms with Gasteiger partial charge in [-0.25, -0.2) is 9.37 Å². The highest BCUT2D eigenvalue weighted by Gasteiger charge is 2.14. The van der Waals surface area contributed by atoms with Crippen molar-refractivity contribution in [2.24, 2.45) is 0 Å². The highest BCUT2D eigenvalue weighted by atomic mass is 32.1. The van der Waals surface area contributed by atoms with Crippen LogP contribution in [0.4, 0.5) is 9.52 Å². The lowest BCUT2D eigenvalue weighted by atomic mass is 10.1. The average Bonchev–Trinajstić information content (AvgIpc) is 3.36. The van der Waals surface area contributed by atoms with E-state index < -0.39 is 0 Å². The van der Waals surface area contributed by atoms with Crippen LogP contribution in [0.1, 0.15) is 10.5 Å². The van der Waals surface area contributed by atoms with E-state index in [0.29, 0.717) is 27.8 Å². The highest BCUT2D eigenvalue weighted by Crippen LogP contribution is 2.25. The molecule has 0 saturated carbocycles. The Bertz CT molecular complexity index is 1010. The smallest absolute Gasteiger partial charge is 0.275 e. The van der Waals surface area contributed by atoms with E-state index in [4.69, 9.17) is 4.42 Å². The molecule has 124 valence electrons. The summed E-state index contributed by atoms with van der Waals surface area (Å²) < 4.78 is 18.2. The van der Waals surface area contributed by atoms with E-state index in [0.717, 1.165) is 0 Å². The topological polar surface area (TPSA) is 83.8 Å². The number of hydrogen-bond acceptors (Lipinski definition) is 5. The van der Waals surface area contributed by atoms with E-state index in [-0.39, 0.29) is 17.4 Å². The van der Waals surface area contributed by atoms with E-state index >= 15 is 0 Å². The van der Waals surface area contributed by atoms with Gasteiger partial charge in [0, 0.05) is 10.9 Å². The van der Waals surface area contributed by atoms with Crippen molar-refractivity contribution in [3.8, 4) is 22.7 Å². The molecule has 3 heterocycles. The average molecular weight is 354 g/mol. The number of nitrogens with zero attached hydrogens (tertiary/aromatic N) is 2. The molecule has 6 nitrogen and oxygen atoms in total. The van der Waals surface area contributed by atoms with Crippen LogP contribution in [0.5, 0.6) is 0 Å². The maximum absolute atomic E-state index is 13.0. The first kappa shape index (κ1) is 15.3. The quantitative estimate of drug-likeness (QED) is 0.576. The number of amides is 1. The van der Waals surface area contributed by atoms with Gasteiger partial charge in [0.05, 0.1) is 12.0 Å². The number of thiazole rings is 1. The minimum Gasteiger partial charge on any atom is -0.463 e. The van der Waals surface area contributed by atoms with E-state index in [2.05, 4.69) is 20.5 Å². The molecule has 0 atom stereocenters. The monoisotopic (exact) mass is 354 g/mol. The Balaban J connectivity index is 1.49. The van der Waals surface area contributed by atoms with Crippen LogP contribution in [0.15, 0.2) is 58.5 Å². The van der Waals surface area contributed by atoms with E-state index in [1.165, 1.54) is 23.5 Å². The second kappa shape index (κ2) is 6.33. The summed E-state index contributed by atoms with van der Waals surface area (Å²) in [5.74, 6) is -0.0496. The summed E-state index contributed by atoms with van der Waals surface area (Å²) in [5, 5.41) is 11.7. The molecule has 25 heavy (non-hydrogen) atoms. The van der Waals surface area contributed by atoms with Crippen molar-refractivity contribution in [2.45, 2.75) is 0 Å². The maximum Gasteiger partial charge on any atom is 0.275 e.